The second-order valence-corrected chi connectivity index (χ2v) is 10.6. The molecule has 1 aliphatic heterocycles. The Morgan fingerprint density at radius 2 is 1.57 bits per heavy atom. The van der Waals surface area contributed by atoms with Crippen LogP contribution in [0.3, 0.4) is 0 Å². The van der Waals surface area contributed by atoms with Crippen LogP contribution in [0.15, 0.2) is 48.7 Å². The zero-order chi connectivity index (χ0) is 29.2. The maximum Gasteiger partial charge on any atom is 0.270 e. The summed E-state index contributed by atoms with van der Waals surface area (Å²) in [4.78, 5) is 70.4. The number of rotatable bonds is 6. The van der Waals surface area contributed by atoms with Crippen molar-refractivity contribution in [1.82, 2.24) is 31.2 Å². The fourth-order valence-corrected chi connectivity index (χ4v) is 4.55. The topological polar surface area (TPSA) is 152 Å². The van der Waals surface area contributed by atoms with Crippen LogP contribution in [0.5, 0.6) is 0 Å². The lowest BCUT2D eigenvalue weighted by atomic mass is 10.0. The van der Waals surface area contributed by atoms with Gasteiger partial charge in [0, 0.05) is 25.2 Å². The summed E-state index contributed by atoms with van der Waals surface area (Å²) < 4.78 is 0. The Balaban J connectivity index is 1.96. The van der Waals surface area contributed by atoms with Crippen molar-refractivity contribution in [2.75, 3.05) is 13.1 Å². The average molecular weight is 553 g/mol. The van der Waals surface area contributed by atoms with Gasteiger partial charge in [-0.1, -0.05) is 51.1 Å². The van der Waals surface area contributed by atoms with Crippen molar-refractivity contribution in [1.29, 1.82) is 0 Å². The second-order valence-electron chi connectivity index (χ2n) is 10.6. The maximum absolute atomic E-state index is 13.6. The first-order chi connectivity index (χ1) is 19.1. The molecule has 5 N–H and O–H groups in total. The molecule has 11 nitrogen and oxygen atoms in total. The standard InChI is InChI=1S/C29H40N6O5/c1-5-21-16-35(29(40)22-12-9-13-30-22)17-25(36)31-19(4)26(37)33-23(14-18(2)3)28(39)34-24(27(38)32-21)15-20-10-7-6-8-11-20/h6-13,18-19,21,23-24,30H,5,14-17H2,1-4H3,(H,31,36)(H,32,38)(H,33,37)(H,34,39)/t19-,21+,23+,24+/m1/s1. The Morgan fingerprint density at radius 1 is 0.900 bits per heavy atom. The highest BCUT2D eigenvalue weighted by Gasteiger charge is 2.32. The van der Waals surface area contributed by atoms with Crippen LogP contribution in [0, 0.1) is 5.92 Å². The molecular formula is C29H40N6O5. The summed E-state index contributed by atoms with van der Waals surface area (Å²) in [6, 6.07) is 9.31. The van der Waals surface area contributed by atoms with Gasteiger partial charge in [0.2, 0.25) is 23.6 Å². The maximum atomic E-state index is 13.6. The van der Waals surface area contributed by atoms with Crippen molar-refractivity contribution in [2.24, 2.45) is 5.92 Å². The molecule has 4 atom stereocenters. The number of aromatic amines is 1. The van der Waals surface area contributed by atoms with Crippen LogP contribution in [-0.4, -0.2) is 76.7 Å². The molecule has 5 amide bonds. The quantitative estimate of drug-likeness (QED) is 0.364. The zero-order valence-electron chi connectivity index (χ0n) is 23.5. The van der Waals surface area contributed by atoms with E-state index in [2.05, 4.69) is 26.3 Å². The second kappa shape index (κ2) is 14.3. The van der Waals surface area contributed by atoms with E-state index in [-0.39, 0.29) is 25.4 Å². The van der Waals surface area contributed by atoms with Gasteiger partial charge in [-0.25, -0.2) is 0 Å². The van der Waals surface area contributed by atoms with Crippen LogP contribution in [0.4, 0.5) is 0 Å². The lowest BCUT2D eigenvalue weighted by molar-refractivity contribution is -0.133. The fourth-order valence-electron chi connectivity index (χ4n) is 4.55. The molecule has 0 spiro atoms. The van der Waals surface area contributed by atoms with Crippen molar-refractivity contribution in [3.8, 4) is 0 Å². The van der Waals surface area contributed by atoms with E-state index in [0.717, 1.165) is 5.56 Å². The first-order valence-corrected chi connectivity index (χ1v) is 13.7. The Morgan fingerprint density at radius 3 is 2.20 bits per heavy atom. The van der Waals surface area contributed by atoms with Crippen LogP contribution in [-0.2, 0) is 25.6 Å². The molecule has 11 heteroatoms. The molecule has 216 valence electrons. The normalized spacial score (nSPS) is 23.4. The molecule has 1 aliphatic rings. The summed E-state index contributed by atoms with van der Waals surface area (Å²) in [6.45, 7) is 6.97. The van der Waals surface area contributed by atoms with Gasteiger partial charge < -0.3 is 31.2 Å². The Hall–Kier alpha value is -4.15. The number of nitrogens with one attached hydrogen (secondary N) is 5. The largest absolute Gasteiger partial charge is 0.357 e. The number of H-pyrrole nitrogens is 1. The summed E-state index contributed by atoms with van der Waals surface area (Å²) in [5, 5.41) is 11.2. The summed E-state index contributed by atoms with van der Waals surface area (Å²) in [7, 11) is 0. The Kier molecular flexibility index (Phi) is 10.9. The van der Waals surface area contributed by atoms with E-state index in [1.54, 1.807) is 18.3 Å². The Labute approximate surface area is 234 Å². The highest BCUT2D eigenvalue weighted by molar-refractivity contribution is 5.97. The molecule has 0 aliphatic carbocycles. The third kappa shape index (κ3) is 8.69. The smallest absolute Gasteiger partial charge is 0.270 e. The lowest BCUT2D eigenvalue weighted by Crippen LogP contribution is -2.57. The minimum atomic E-state index is -0.954. The predicted octanol–water partition coefficient (Wildman–Crippen LogP) is 1.13. The number of nitrogens with zero attached hydrogens (tertiary/aromatic N) is 1. The minimum absolute atomic E-state index is 0.0517. The summed E-state index contributed by atoms with van der Waals surface area (Å²) in [6.07, 6.45) is 2.66. The van der Waals surface area contributed by atoms with Crippen LogP contribution in [0.25, 0.3) is 0 Å². The van der Waals surface area contributed by atoms with E-state index < -0.39 is 53.7 Å². The first kappa shape index (κ1) is 30.4. The number of carbonyl (C=O) groups excluding carboxylic acids is 5. The minimum Gasteiger partial charge on any atom is -0.357 e. The molecule has 1 saturated heterocycles. The van der Waals surface area contributed by atoms with Crippen LogP contribution in [0.1, 0.15) is 56.6 Å². The number of aromatic nitrogens is 1. The van der Waals surface area contributed by atoms with Gasteiger partial charge in [0.15, 0.2) is 0 Å². The third-order valence-electron chi connectivity index (χ3n) is 6.76. The molecule has 2 aromatic rings. The van der Waals surface area contributed by atoms with Crippen molar-refractivity contribution < 1.29 is 24.0 Å². The number of hydrogen-bond acceptors (Lipinski definition) is 5. The molecule has 0 saturated carbocycles. The summed E-state index contributed by atoms with van der Waals surface area (Å²) in [5.41, 5.74) is 1.15. The molecule has 40 heavy (non-hydrogen) atoms. The van der Waals surface area contributed by atoms with Gasteiger partial charge in [-0.2, -0.15) is 0 Å². The lowest BCUT2D eigenvalue weighted by Gasteiger charge is -2.29. The van der Waals surface area contributed by atoms with Crippen molar-refractivity contribution in [3.05, 3.63) is 59.9 Å². The third-order valence-corrected chi connectivity index (χ3v) is 6.76. The molecule has 2 heterocycles. The van der Waals surface area contributed by atoms with E-state index in [1.165, 1.54) is 11.8 Å². The number of benzene rings is 1. The summed E-state index contributed by atoms with van der Waals surface area (Å²) in [5.74, 6) is -2.32. The molecule has 0 radical (unpaired) electrons. The van der Waals surface area contributed by atoms with Crippen molar-refractivity contribution >= 4 is 29.5 Å². The van der Waals surface area contributed by atoms with Crippen molar-refractivity contribution in [3.63, 3.8) is 0 Å². The SMILES string of the molecule is CC[C@H]1CN(C(=O)c2ccc[nH]2)CC(=O)N[C@H](C)C(=O)N[C@@H](CC(C)C)C(=O)N[C@@H](Cc2ccccc2)C(=O)N1. The van der Waals surface area contributed by atoms with Crippen LogP contribution >= 0.6 is 0 Å². The zero-order valence-corrected chi connectivity index (χ0v) is 23.5. The predicted molar refractivity (Wildman–Crippen MR) is 150 cm³/mol. The van der Waals surface area contributed by atoms with Gasteiger partial charge in [-0.15, -0.1) is 0 Å². The number of amides is 5. The van der Waals surface area contributed by atoms with E-state index in [0.29, 0.717) is 18.5 Å². The van der Waals surface area contributed by atoms with Crippen LogP contribution < -0.4 is 21.3 Å². The average Bonchev–Trinajstić information content (AvgIpc) is 3.45. The van der Waals surface area contributed by atoms with Crippen LogP contribution in [0.2, 0.25) is 0 Å². The highest BCUT2D eigenvalue weighted by atomic mass is 16.2. The van der Waals surface area contributed by atoms with Crippen molar-refractivity contribution in [2.45, 2.75) is 71.1 Å². The molecule has 1 fully saturated rings. The molecule has 1 aromatic heterocycles. The van der Waals surface area contributed by atoms with E-state index in [4.69, 9.17) is 0 Å². The van der Waals surface area contributed by atoms with Gasteiger partial charge in [0.25, 0.3) is 5.91 Å². The molecule has 3 rings (SSSR count). The number of hydrogen-bond donors (Lipinski definition) is 5. The van der Waals surface area contributed by atoms with E-state index in [1.807, 2.05) is 51.1 Å². The van der Waals surface area contributed by atoms with Gasteiger partial charge in [0.05, 0.1) is 6.54 Å². The monoisotopic (exact) mass is 552 g/mol. The number of carbonyl (C=O) groups is 5. The van der Waals surface area contributed by atoms with Gasteiger partial charge >= 0.3 is 0 Å². The Bertz CT molecular complexity index is 1170. The molecule has 0 bridgehead atoms. The molecular weight excluding hydrogens is 512 g/mol. The van der Waals surface area contributed by atoms with E-state index in [9.17, 15) is 24.0 Å². The molecule has 1 aromatic carbocycles. The van der Waals surface area contributed by atoms with Gasteiger partial charge in [-0.05, 0) is 43.4 Å². The fraction of sp³-hybridized carbons (Fsp3) is 0.483. The van der Waals surface area contributed by atoms with E-state index >= 15 is 0 Å². The summed E-state index contributed by atoms with van der Waals surface area (Å²) >= 11 is 0. The van der Waals surface area contributed by atoms with Gasteiger partial charge in [0.1, 0.15) is 23.8 Å². The first-order valence-electron chi connectivity index (χ1n) is 13.7. The van der Waals surface area contributed by atoms with Gasteiger partial charge in [-0.3, -0.25) is 24.0 Å². The molecule has 0 unspecified atom stereocenters. The highest BCUT2D eigenvalue weighted by Crippen LogP contribution is 2.11.